The Morgan fingerprint density at radius 3 is 2.77 bits per heavy atom. The van der Waals surface area contributed by atoms with E-state index in [9.17, 15) is 4.79 Å². The standard InChI is InChI=1S/C25H25N3O2/c1-15(2)30-22-12-21-18(24-17(4)6-5-7-19(22)24)10-11-28(21)25(29)20-14-27-13-16(3)8-9-23(27)26-20/h5-9,12-15H,10-11H2,1-4H3. The second-order valence-corrected chi connectivity index (χ2v) is 8.34. The van der Waals surface area contributed by atoms with Crippen LogP contribution >= 0.6 is 0 Å². The molecule has 1 aliphatic rings. The highest BCUT2D eigenvalue weighted by Gasteiger charge is 2.30. The normalized spacial score (nSPS) is 13.4. The molecular weight excluding hydrogens is 374 g/mol. The SMILES string of the molecule is Cc1ccc2nc(C(=O)N3CCc4c3cc(OC(C)C)c3cccc(C)c43)cn2c1. The predicted molar refractivity (Wildman–Crippen MR) is 120 cm³/mol. The lowest BCUT2D eigenvalue weighted by Crippen LogP contribution is -2.29. The van der Waals surface area contributed by atoms with Gasteiger partial charge in [0.1, 0.15) is 17.1 Å². The summed E-state index contributed by atoms with van der Waals surface area (Å²) in [5.41, 5.74) is 5.72. The molecule has 0 fully saturated rings. The molecule has 5 rings (SSSR count). The van der Waals surface area contributed by atoms with E-state index in [1.807, 2.05) is 60.7 Å². The third-order valence-electron chi connectivity index (χ3n) is 5.72. The molecule has 30 heavy (non-hydrogen) atoms. The smallest absolute Gasteiger partial charge is 0.278 e. The number of anilines is 1. The van der Waals surface area contributed by atoms with Crippen LogP contribution in [0.2, 0.25) is 0 Å². The average molecular weight is 399 g/mol. The molecule has 0 atom stereocenters. The van der Waals surface area contributed by atoms with E-state index in [0.29, 0.717) is 12.2 Å². The highest BCUT2D eigenvalue weighted by Crippen LogP contribution is 2.42. The van der Waals surface area contributed by atoms with Crippen molar-refractivity contribution in [3.8, 4) is 5.75 Å². The van der Waals surface area contributed by atoms with Crippen LogP contribution in [0.4, 0.5) is 5.69 Å². The molecule has 152 valence electrons. The maximum atomic E-state index is 13.4. The van der Waals surface area contributed by atoms with Crippen molar-refractivity contribution >= 4 is 28.0 Å². The van der Waals surface area contributed by atoms with Crippen LogP contribution < -0.4 is 9.64 Å². The van der Waals surface area contributed by atoms with E-state index in [0.717, 1.165) is 34.5 Å². The number of benzene rings is 2. The number of pyridine rings is 1. The van der Waals surface area contributed by atoms with E-state index in [1.165, 1.54) is 16.5 Å². The van der Waals surface area contributed by atoms with Crippen LogP contribution in [0.5, 0.6) is 5.75 Å². The number of ether oxygens (including phenoxy) is 1. The van der Waals surface area contributed by atoms with Crippen LogP contribution in [0.3, 0.4) is 0 Å². The summed E-state index contributed by atoms with van der Waals surface area (Å²) in [6.45, 7) is 8.85. The first kappa shape index (κ1) is 18.7. The Bertz CT molecular complexity index is 1300. The third kappa shape index (κ3) is 2.93. The monoisotopic (exact) mass is 399 g/mol. The lowest BCUT2D eigenvalue weighted by molar-refractivity contribution is 0.0985. The van der Waals surface area contributed by atoms with Gasteiger partial charge in [-0.05, 0) is 62.3 Å². The van der Waals surface area contributed by atoms with Gasteiger partial charge in [-0.15, -0.1) is 0 Å². The summed E-state index contributed by atoms with van der Waals surface area (Å²) in [6.07, 6.45) is 4.69. The van der Waals surface area contributed by atoms with E-state index in [-0.39, 0.29) is 12.0 Å². The minimum atomic E-state index is -0.0708. The van der Waals surface area contributed by atoms with Gasteiger partial charge in [-0.2, -0.15) is 0 Å². The number of imidazole rings is 1. The molecule has 0 aliphatic carbocycles. The molecule has 2 aromatic carbocycles. The van der Waals surface area contributed by atoms with Gasteiger partial charge in [0.25, 0.3) is 5.91 Å². The number of nitrogens with zero attached hydrogens (tertiary/aromatic N) is 3. The zero-order valence-electron chi connectivity index (χ0n) is 17.8. The second-order valence-electron chi connectivity index (χ2n) is 8.34. The summed E-state index contributed by atoms with van der Waals surface area (Å²) < 4.78 is 8.06. The Labute approximate surface area is 175 Å². The highest BCUT2D eigenvalue weighted by molar-refractivity contribution is 6.09. The lowest BCUT2D eigenvalue weighted by Gasteiger charge is -2.20. The van der Waals surface area contributed by atoms with Crippen LogP contribution in [0.25, 0.3) is 16.4 Å². The summed E-state index contributed by atoms with van der Waals surface area (Å²) >= 11 is 0. The summed E-state index contributed by atoms with van der Waals surface area (Å²) in [6, 6.07) is 12.3. The van der Waals surface area contributed by atoms with Crippen LogP contribution in [-0.4, -0.2) is 27.9 Å². The summed E-state index contributed by atoms with van der Waals surface area (Å²) in [4.78, 5) is 19.8. The van der Waals surface area contributed by atoms with Crippen LogP contribution in [0, 0.1) is 13.8 Å². The molecule has 0 saturated heterocycles. The van der Waals surface area contributed by atoms with Crippen LogP contribution in [0.1, 0.15) is 41.0 Å². The van der Waals surface area contributed by atoms with Crippen molar-refractivity contribution in [1.82, 2.24) is 9.38 Å². The van der Waals surface area contributed by atoms with E-state index < -0.39 is 0 Å². The molecule has 4 aromatic rings. The van der Waals surface area contributed by atoms with Crippen LogP contribution in [0.15, 0.2) is 48.8 Å². The molecule has 5 nitrogen and oxygen atoms in total. The van der Waals surface area contributed by atoms with E-state index in [4.69, 9.17) is 4.74 Å². The van der Waals surface area contributed by atoms with Gasteiger partial charge in [-0.25, -0.2) is 4.98 Å². The van der Waals surface area contributed by atoms with Gasteiger partial charge in [0.2, 0.25) is 0 Å². The zero-order chi connectivity index (χ0) is 21.0. The summed E-state index contributed by atoms with van der Waals surface area (Å²) in [5.74, 6) is 0.756. The minimum absolute atomic E-state index is 0.0546. The first-order chi connectivity index (χ1) is 14.4. The number of carbonyl (C=O) groups is 1. The van der Waals surface area contributed by atoms with Crippen molar-refractivity contribution in [2.75, 3.05) is 11.4 Å². The molecule has 2 aromatic heterocycles. The number of amides is 1. The van der Waals surface area contributed by atoms with Gasteiger partial charge in [0, 0.05) is 30.4 Å². The predicted octanol–water partition coefficient (Wildman–Crippen LogP) is 5.09. The maximum absolute atomic E-state index is 13.4. The van der Waals surface area contributed by atoms with Gasteiger partial charge in [-0.1, -0.05) is 24.3 Å². The van der Waals surface area contributed by atoms with Crippen molar-refractivity contribution in [1.29, 1.82) is 0 Å². The number of fused-ring (bicyclic) bond motifs is 4. The summed E-state index contributed by atoms with van der Waals surface area (Å²) in [5, 5.41) is 2.31. The average Bonchev–Trinajstić information content (AvgIpc) is 3.31. The van der Waals surface area contributed by atoms with Gasteiger partial charge < -0.3 is 14.0 Å². The van der Waals surface area contributed by atoms with E-state index in [2.05, 4.69) is 30.1 Å². The van der Waals surface area contributed by atoms with E-state index in [1.54, 1.807) is 0 Å². The minimum Gasteiger partial charge on any atom is -0.490 e. The zero-order valence-corrected chi connectivity index (χ0v) is 17.8. The van der Waals surface area contributed by atoms with Crippen molar-refractivity contribution < 1.29 is 9.53 Å². The number of aryl methyl sites for hydroxylation is 2. The lowest BCUT2D eigenvalue weighted by atomic mass is 9.97. The maximum Gasteiger partial charge on any atom is 0.278 e. The molecule has 1 aliphatic heterocycles. The van der Waals surface area contributed by atoms with Crippen LogP contribution in [-0.2, 0) is 6.42 Å². The fourth-order valence-corrected chi connectivity index (χ4v) is 4.44. The second kappa shape index (κ2) is 6.87. The Kier molecular flexibility index (Phi) is 4.28. The van der Waals surface area contributed by atoms with Crippen molar-refractivity contribution in [2.24, 2.45) is 0 Å². The molecule has 0 radical (unpaired) electrons. The number of rotatable bonds is 3. The van der Waals surface area contributed by atoms with Gasteiger partial charge in [0.05, 0.1) is 11.8 Å². The molecule has 0 N–H and O–H groups in total. The fourth-order valence-electron chi connectivity index (χ4n) is 4.44. The highest BCUT2D eigenvalue weighted by atomic mass is 16.5. The van der Waals surface area contributed by atoms with Crippen molar-refractivity contribution in [2.45, 2.75) is 40.2 Å². The Morgan fingerprint density at radius 2 is 1.97 bits per heavy atom. The van der Waals surface area contributed by atoms with E-state index >= 15 is 0 Å². The Hall–Kier alpha value is -3.34. The molecule has 0 saturated carbocycles. The number of hydrogen-bond donors (Lipinski definition) is 0. The van der Waals surface area contributed by atoms with Gasteiger partial charge >= 0.3 is 0 Å². The molecule has 0 unspecified atom stereocenters. The first-order valence-corrected chi connectivity index (χ1v) is 10.4. The topological polar surface area (TPSA) is 46.8 Å². The van der Waals surface area contributed by atoms with Gasteiger partial charge in [0.15, 0.2) is 0 Å². The Balaban J connectivity index is 1.63. The third-order valence-corrected chi connectivity index (χ3v) is 5.72. The van der Waals surface area contributed by atoms with Gasteiger partial charge in [-0.3, -0.25) is 4.79 Å². The number of aromatic nitrogens is 2. The largest absolute Gasteiger partial charge is 0.490 e. The molecule has 0 bridgehead atoms. The first-order valence-electron chi connectivity index (χ1n) is 10.4. The molecule has 0 spiro atoms. The summed E-state index contributed by atoms with van der Waals surface area (Å²) in [7, 11) is 0. The van der Waals surface area contributed by atoms with Crippen molar-refractivity contribution in [3.63, 3.8) is 0 Å². The molecule has 3 heterocycles. The quantitative estimate of drug-likeness (QED) is 0.482. The number of hydrogen-bond acceptors (Lipinski definition) is 3. The molecule has 1 amide bonds. The van der Waals surface area contributed by atoms with Crippen molar-refractivity contribution in [3.05, 3.63) is 71.2 Å². The molecular formula is C25H25N3O2. The fraction of sp³-hybridized carbons (Fsp3) is 0.280. The number of carbonyl (C=O) groups excluding carboxylic acids is 1. The molecule has 5 heteroatoms. The Morgan fingerprint density at radius 1 is 1.13 bits per heavy atom.